The summed E-state index contributed by atoms with van der Waals surface area (Å²) in [4.78, 5) is 2.07. The highest BCUT2D eigenvalue weighted by Crippen LogP contribution is 2.29. The van der Waals surface area contributed by atoms with Gasteiger partial charge in [0, 0.05) is 19.8 Å². The van der Waals surface area contributed by atoms with Crippen molar-refractivity contribution in [1.82, 2.24) is 0 Å². The van der Waals surface area contributed by atoms with Gasteiger partial charge in [-0.2, -0.15) is 0 Å². The van der Waals surface area contributed by atoms with Crippen LogP contribution in [0.5, 0.6) is 0 Å². The maximum absolute atomic E-state index is 6.02. The van der Waals surface area contributed by atoms with Gasteiger partial charge in [0.1, 0.15) is 0 Å². The number of hydrogen-bond donors (Lipinski definition) is 0. The number of nitrogens with zero attached hydrogens (tertiary/aromatic N) is 1. The van der Waals surface area contributed by atoms with Gasteiger partial charge >= 0.3 is 0 Å². The number of benzene rings is 2. The van der Waals surface area contributed by atoms with Gasteiger partial charge in [0.25, 0.3) is 0 Å². The van der Waals surface area contributed by atoms with Gasteiger partial charge < -0.3 is 4.90 Å². The van der Waals surface area contributed by atoms with E-state index in [-0.39, 0.29) is 0 Å². The average molecular weight is 266 g/mol. The summed E-state index contributed by atoms with van der Waals surface area (Å²) in [5, 5.41) is 1.17. The molecule has 0 atom stereocenters. The van der Waals surface area contributed by atoms with E-state index in [4.69, 9.17) is 23.2 Å². The third-order valence-electron chi connectivity index (χ3n) is 2.62. The molecule has 2 aromatic carbocycles. The fourth-order valence-corrected chi connectivity index (χ4v) is 1.94. The zero-order valence-electron chi connectivity index (χ0n) is 9.74. The van der Waals surface area contributed by atoms with Crippen LogP contribution in [0.25, 0.3) is 11.1 Å². The van der Waals surface area contributed by atoms with E-state index < -0.39 is 0 Å². The van der Waals surface area contributed by atoms with Crippen LogP contribution in [0, 0.1) is 0 Å². The molecule has 0 aliphatic carbocycles. The highest BCUT2D eigenvalue weighted by atomic mass is 35.5. The molecule has 0 aromatic heterocycles. The number of anilines is 1. The van der Waals surface area contributed by atoms with E-state index in [2.05, 4.69) is 23.1 Å². The van der Waals surface area contributed by atoms with Crippen molar-refractivity contribution < 1.29 is 0 Å². The van der Waals surface area contributed by atoms with Gasteiger partial charge in [-0.1, -0.05) is 41.4 Å². The minimum atomic E-state index is 0.583. The first kappa shape index (κ1) is 12.3. The van der Waals surface area contributed by atoms with Gasteiger partial charge in [-0.25, -0.2) is 0 Å². The molecule has 0 amide bonds. The van der Waals surface area contributed by atoms with Crippen LogP contribution in [0.15, 0.2) is 42.5 Å². The molecule has 88 valence electrons. The fourth-order valence-electron chi connectivity index (χ4n) is 1.64. The molecule has 2 aromatic rings. The lowest BCUT2D eigenvalue weighted by Gasteiger charge is -2.13. The van der Waals surface area contributed by atoms with Gasteiger partial charge in [-0.05, 0) is 35.4 Å². The summed E-state index contributed by atoms with van der Waals surface area (Å²) in [5.74, 6) is 0. The highest BCUT2D eigenvalue weighted by molar-refractivity contribution is 6.42. The van der Waals surface area contributed by atoms with Crippen molar-refractivity contribution in [2.45, 2.75) is 0 Å². The second-order valence-corrected chi connectivity index (χ2v) is 4.89. The summed E-state index contributed by atoms with van der Waals surface area (Å²) in [6.45, 7) is 0. The SMILES string of the molecule is CN(C)c1cccc(-c2ccc(Cl)c(Cl)c2)c1. The zero-order valence-corrected chi connectivity index (χ0v) is 11.3. The molecule has 0 spiro atoms. The summed E-state index contributed by atoms with van der Waals surface area (Å²) < 4.78 is 0. The average Bonchev–Trinajstić information content (AvgIpc) is 2.33. The summed E-state index contributed by atoms with van der Waals surface area (Å²) >= 11 is 11.9. The minimum Gasteiger partial charge on any atom is -0.378 e. The molecule has 3 heteroatoms. The van der Waals surface area contributed by atoms with E-state index in [0.29, 0.717) is 10.0 Å². The molecular formula is C14H13Cl2N. The molecule has 0 saturated carbocycles. The lowest BCUT2D eigenvalue weighted by Crippen LogP contribution is -2.08. The predicted octanol–water partition coefficient (Wildman–Crippen LogP) is 4.73. The highest BCUT2D eigenvalue weighted by Gasteiger charge is 2.03. The standard InChI is InChI=1S/C14H13Cl2N/c1-17(2)12-5-3-4-10(8-12)11-6-7-13(15)14(16)9-11/h3-9H,1-2H3. The fraction of sp³-hybridized carbons (Fsp3) is 0.143. The van der Waals surface area contributed by atoms with Crippen molar-refractivity contribution in [2.75, 3.05) is 19.0 Å². The van der Waals surface area contributed by atoms with E-state index in [1.54, 1.807) is 0 Å². The Balaban J connectivity index is 2.45. The van der Waals surface area contributed by atoms with E-state index >= 15 is 0 Å². The lowest BCUT2D eigenvalue weighted by molar-refractivity contribution is 1.13. The van der Waals surface area contributed by atoms with Crippen LogP contribution in [0.2, 0.25) is 10.0 Å². The molecule has 0 aliphatic heterocycles. The first-order chi connectivity index (χ1) is 8.08. The Kier molecular flexibility index (Phi) is 3.60. The van der Waals surface area contributed by atoms with Gasteiger partial charge in [0.05, 0.1) is 10.0 Å². The van der Waals surface area contributed by atoms with E-state index in [0.717, 1.165) is 16.8 Å². The monoisotopic (exact) mass is 265 g/mol. The van der Waals surface area contributed by atoms with Crippen molar-refractivity contribution in [2.24, 2.45) is 0 Å². The maximum atomic E-state index is 6.02. The number of halogens is 2. The van der Waals surface area contributed by atoms with Crippen LogP contribution in [0.1, 0.15) is 0 Å². The summed E-state index contributed by atoms with van der Waals surface area (Å²) in [6.07, 6.45) is 0. The van der Waals surface area contributed by atoms with Crippen molar-refractivity contribution >= 4 is 28.9 Å². The second-order valence-electron chi connectivity index (χ2n) is 4.07. The third-order valence-corrected chi connectivity index (χ3v) is 3.35. The lowest BCUT2D eigenvalue weighted by atomic mass is 10.1. The molecular weight excluding hydrogens is 253 g/mol. The molecule has 0 radical (unpaired) electrons. The summed E-state index contributed by atoms with van der Waals surface area (Å²) in [5.41, 5.74) is 3.37. The maximum Gasteiger partial charge on any atom is 0.0598 e. The van der Waals surface area contributed by atoms with Gasteiger partial charge in [0.15, 0.2) is 0 Å². The number of rotatable bonds is 2. The Morgan fingerprint density at radius 2 is 1.53 bits per heavy atom. The Morgan fingerprint density at radius 3 is 2.18 bits per heavy atom. The smallest absolute Gasteiger partial charge is 0.0598 e. The van der Waals surface area contributed by atoms with E-state index in [1.165, 1.54) is 0 Å². The first-order valence-electron chi connectivity index (χ1n) is 5.31. The first-order valence-corrected chi connectivity index (χ1v) is 6.06. The summed E-state index contributed by atoms with van der Waals surface area (Å²) in [6, 6.07) is 14.0. The Hall–Kier alpha value is -1.18. The zero-order chi connectivity index (χ0) is 12.4. The summed E-state index contributed by atoms with van der Waals surface area (Å²) in [7, 11) is 4.04. The van der Waals surface area contributed by atoms with Crippen molar-refractivity contribution in [3.63, 3.8) is 0 Å². The Bertz CT molecular complexity index is 535. The van der Waals surface area contributed by atoms with Crippen molar-refractivity contribution in [3.05, 3.63) is 52.5 Å². The van der Waals surface area contributed by atoms with Gasteiger partial charge in [-0.15, -0.1) is 0 Å². The van der Waals surface area contributed by atoms with Crippen LogP contribution >= 0.6 is 23.2 Å². The Labute approximate surface area is 112 Å². The van der Waals surface area contributed by atoms with Crippen molar-refractivity contribution in [1.29, 1.82) is 0 Å². The van der Waals surface area contributed by atoms with Crippen LogP contribution < -0.4 is 4.90 Å². The van der Waals surface area contributed by atoms with Crippen LogP contribution in [-0.4, -0.2) is 14.1 Å². The Morgan fingerprint density at radius 1 is 0.824 bits per heavy atom. The molecule has 0 N–H and O–H groups in total. The molecule has 0 fully saturated rings. The second kappa shape index (κ2) is 4.99. The van der Waals surface area contributed by atoms with Crippen LogP contribution in [0.3, 0.4) is 0 Å². The molecule has 0 aliphatic rings. The van der Waals surface area contributed by atoms with E-state index in [9.17, 15) is 0 Å². The molecule has 0 saturated heterocycles. The predicted molar refractivity (Wildman–Crippen MR) is 76.2 cm³/mol. The largest absolute Gasteiger partial charge is 0.378 e. The normalized spacial score (nSPS) is 10.4. The topological polar surface area (TPSA) is 3.24 Å². The van der Waals surface area contributed by atoms with Gasteiger partial charge in [0.2, 0.25) is 0 Å². The van der Waals surface area contributed by atoms with Gasteiger partial charge in [-0.3, -0.25) is 0 Å². The number of hydrogen-bond acceptors (Lipinski definition) is 1. The van der Waals surface area contributed by atoms with Crippen LogP contribution in [-0.2, 0) is 0 Å². The molecule has 0 bridgehead atoms. The minimum absolute atomic E-state index is 0.583. The third kappa shape index (κ3) is 2.74. The van der Waals surface area contributed by atoms with E-state index in [1.807, 2.05) is 38.4 Å². The molecule has 0 unspecified atom stereocenters. The molecule has 0 heterocycles. The molecule has 2 rings (SSSR count). The molecule has 1 nitrogen and oxygen atoms in total. The van der Waals surface area contributed by atoms with Crippen LogP contribution in [0.4, 0.5) is 5.69 Å². The quantitative estimate of drug-likeness (QED) is 0.759. The molecule has 17 heavy (non-hydrogen) atoms. The van der Waals surface area contributed by atoms with Crippen molar-refractivity contribution in [3.8, 4) is 11.1 Å².